The molecular weight excluding hydrogens is 354 g/mol. The predicted molar refractivity (Wildman–Crippen MR) is 101 cm³/mol. The summed E-state index contributed by atoms with van der Waals surface area (Å²) in [5, 5.41) is 0.706. The lowest BCUT2D eigenvalue weighted by molar-refractivity contribution is -0.119. The van der Waals surface area contributed by atoms with Crippen LogP contribution in [0, 0.1) is 0 Å². The quantitative estimate of drug-likeness (QED) is 0.871. The maximum Gasteiger partial charge on any atom is 0.257 e. The first-order valence-electron chi connectivity index (χ1n) is 8.35. The van der Waals surface area contributed by atoms with Crippen LogP contribution in [0.5, 0.6) is 5.75 Å². The Morgan fingerprint density at radius 2 is 1.65 bits per heavy atom. The summed E-state index contributed by atoms with van der Waals surface area (Å²) in [6, 6.07) is 14.6. The van der Waals surface area contributed by atoms with Gasteiger partial charge in [-0.2, -0.15) is 0 Å². The van der Waals surface area contributed by atoms with Crippen LogP contribution in [0.2, 0.25) is 5.02 Å². The number of rotatable bonds is 5. The maximum absolute atomic E-state index is 12.9. The van der Waals surface area contributed by atoms with Gasteiger partial charge in [-0.25, -0.2) is 0 Å². The fourth-order valence-electron chi connectivity index (χ4n) is 2.95. The molecule has 1 fully saturated rings. The minimum atomic E-state index is -0.583. The molecule has 1 aliphatic rings. The second-order valence-electron chi connectivity index (χ2n) is 5.98. The summed E-state index contributed by atoms with van der Waals surface area (Å²) >= 11 is 6.26. The average Bonchev–Trinajstić information content (AvgIpc) is 2.66. The van der Waals surface area contributed by atoms with Crippen molar-refractivity contribution in [3.8, 4) is 5.75 Å². The van der Waals surface area contributed by atoms with E-state index in [0.29, 0.717) is 42.5 Å². The zero-order valence-corrected chi connectivity index (χ0v) is 15.0. The van der Waals surface area contributed by atoms with Crippen LogP contribution >= 0.6 is 11.6 Å². The molecule has 26 heavy (non-hydrogen) atoms. The van der Waals surface area contributed by atoms with Crippen molar-refractivity contribution in [2.75, 3.05) is 37.7 Å². The molecule has 1 saturated heterocycles. The van der Waals surface area contributed by atoms with Crippen molar-refractivity contribution in [2.45, 2.75) is 0 Å². The first-order chi connectivity index (χ1) is 12.6. The molecule has 0 saturated carbocycles. The smallest absolute Gasteiger partial charge is 0.257 e. The lowest BCUT2D eigenvalue weighted by atomic mass is 10.1. The van der Waals surface area contributed by atoms with Crippen molar-refractivity contribution >= 4 is 29.1 Å². The van der Waals surface area contributed by atoms with E-state index in [4.69, 9.17) is 22.1 Å². The molecule has 136 valence electrons. The van der Waals surface area contributed by atoms with Crippen LogP contribution in [0.1, 0.15) is 10.4 Å². The molecule has 1 heterocycles. The van der Waals surface area contributed by atoms with Crippen molar-refractivity contribution < 1.29 is 14.3 Å². The summed E-state index contributed by atoms with van der Waals surface area (Å²) < 4.78 is 5.37. The van der Waals surface area contributed by atoms with Crippen LogP contribution in [0.4, 0.5) is 5.69 Å². The fourth-order valence-corrected chi connectivity index (χ4v) is 3.20. The number of nitrogens with zero attached hydrogens (tertiary/aromatic N) is 2. The van der Waals surface area contributed by atoms with Gasteiger partial charge in [-0.15, -0.1) is 0 Å². The number of halogens is 1. The van der Waals surface area contributed by atoms with Crippen LogP contribution in [-0.2, 0) is 4.79 Å². The van der Waals surface area contributed by atoms with E-state index < -0.39 is 5.91 Å². The number of ether oxygens (including phenoxy) is 1. The van der Waals surface area contributed by atoms with Crippen LogP contribution in [0.3, 0.4) is 0 Å². The van der Waals surface area contributed by atoms with Gasteiger partial charge in [-0.3, -0.25) is 9.59 Å². The Morgan fingerprint density at radius 3 is 2.35 bits per heavy atom. The van der Waals surface area contributed by atoms with E-state index in [2.05, 4.69) is 4.90 Å². The summed E-state index contributed by atoms with van der Waals surface area (Å²) in [5.41, 5.74) is 6.53. The number of hydrogen-bond acceptors (Lipinski definition) is 4. The molecule has 0 spiro atoms. The molecule has 2 amide bonds. The topological polar surface area (TPSA) is 75.9 Å². The van der Waals surface area contributed by atoms with E-state index in [1.807, 2.05) is 24.3 Å². The SMILES string of the molecule is NC(=O)COc1ccccc1C(=O)N1CCN(c2ccccc2Cl)CC1. The Bertz CT molecular complexity index is 804. The lowest BCUT2D eigenvalue weighted by Gasteiger charge is -2.36. The number of para-hydroxylation sites is 2. The highest BCUT2D eigenvalue weighted by atomic mass is 35.5. The second-order valence-corrected chi connectivity index (χ2v) is 6.39. The van der Waals surface area contributed by atoms with Crippen LogP contribution in [0.15, 0.2) is 48.5 Å². The first kappa shape index (κ1) is 18.1. The molecule has 2 aromatic rings. The van der Waals surface area contributed by atoms with Crippen LogP contribution in [-0.4, -0.2) is 49.5 Å². The average molecular weight is 374 g/mol. The zero-order valence-electron chi connectivity index (χ0n) is 14.2. The Morgan fingerprint density at radius 1 is 1.00 bits per heavy atom. The largest absolute Gasteiger partial charge is 0.483 e. The van der Waals surface area contributed by atoms with E-state index in [1.54, 1.807) is 29.2 Å². The molecule has 0 radical (unpaired) electrons. The Labute approximate surface area is 157 Å². The molecule has 0 bridgehead atoms. The molecule has 0 atom stereocenters. The van der Waals surface area contributed by atoms with E-state index in [0.717, 1.165) is 5.69 Å². The van der Waals surface area contributed by atoms with E-state index in [-0.39, 0.29) is 12.5 Å². The van der Waals surface area contributed by atoms with Gasteiger partial charge in [0, 0.05) is 26.2 Å². The summed E-state index contributed by atoms with van der Waals surface area (Å²) in [6.07, 6.45) is 0. The van der Waals surface area contributed by atoms with Gasteiger partial charge < -0.3 is 20.3 Å². The number of benzene rings is 2. The molecule has 6 nitrogen and oxygen atoms in total. The summed E-state index contributed by atoms with van der Waals surface area (Å²) in [7, 11) is 0. The number of hydrogen-bond donors (Lipinski definition) is 1. The highest BCUT2D eigenvalue weighted by Gasteiger charge is 2.25. The molecule has 0 unspecified atom stereocenters. The minimum Gasteiger partial charge on any atom is -0.483 e. The first-order valence-corrected chi connectivity index (χ1v) is 8.73. The Balaban J connectivity index is 1.67. The van der Waals surface area contributed by atoms with Gasteiger partial charge in [0.2, 0.25) is 0 Å². The summed E-state index contributed by atoms with van der Waals surface area (Å²) in [4.78, 5) is 27.7. The van der Waals surface area contributed by atoms with Gasteiger partial charge >= 0.3 is 0 Å². The van der Waals surface area contributed by atoms with E-state index in [9.17, 15) is 9.59 Å². The van der Waals surface area contributed by atoms with Gasteiger partial charge in [0.25, 0.3) is 11.8 Å². The van der Waals surface area contributed by atoms with Gasteiger partial charge in [0.05, 0.1) is 16.3 Å². The monoisotopic (exact) mass is 373 g/mol. The van der Waals surface area contributed by atoms with Crippen molar-refractivity contribution in [1.82, 2.24) is 4.90 Å². The summed E-state index contributed by atoms with van der Waals surface area (Å²) in [5.74, 6) is -0.339. The number of anilines is 1. The third-order valence-corrected chi connectivity index (χ3v) is 4.57. The van der Waals surface area contributed by atoms with Gasteiger partial charge in [-0.05, 0) is 24.3 Å². The van der Waals surface area contributed by atoms with E-state index >= 15 is 0 Å². The normalized spacial score (nSPS) is 14.2. The highest BCUT2D eigenvalue weighted by Crippen LogP contribution is 2.27. The number of primary amides is 1. The van der Waals surface area contributed by atoms with Crippen molar-refractivity contribution in [1.29, 1.82) is 0 Å². The maximum atomic E-state index is 12.9. The Kier molecular flexibility index (Phi) is 5.63. The number of amides is 2. The standard InChI is InChI=1S/C19H20ClN3O3/c20-15-6-2-3-7-16(15)22-9-11-23(12-10-22)19(25)14-5-1-4-8-17(14)26-13-18(21)24/h1-8H,9-13H2,(H2,21,24). The fraction of sp³-hybridized carbons (Fsp3) is 0.263. The summed E-state index contributed by atoms with van der Waals surface area (Å²) in [6.45, 7) is 2.28. The molecule has 3 rings (SSSR count). The van der Waals surface area contributed by atoms with Crippen molar-refractivity contribution in [3.63, 3.8) is 0 Å². The van der Waals surface area contributed by atoms with Crippen molar-refractivity contribution in [3.05, 3.63) is 59.1 Å². The molecule has 0 aliphatic carbocycles. The van der Waals surface area contributed by atoms with Crippen LogP contribution < -0.4 is 15.4 Å². The lowest BCUT2D eigenvalue weighted by Crippen LogP contribution is -2.49. The second kappa shape index (κ2) is 8.10. The molecule has 0 aromatic heterocycles. The number of nitrogens with two attached hydrogens (primary N) is 1. The molecule has 7 heteroatoms. The molecule has 2 aromatic carbocycles. The third kappa shape index (κ3) is 4.08. The zero-order chi connectivity index (χ0) is 18.5. The van der Waals surface area contributed by atoms with Crippen molar-refractivity contribution in [2.24, 2.45) is 5.73 Å². The number of piperazine rings is 1. The molecule has 2 N–H and O–H groups in total. The van der Waals surface area contributed by atoms with E-state index in [1.165, 1.54) is 0 Å². The predicted octanol–water partition coefficient (Wildman–Crippen LogP) is 2.17. The molecular formula is C19H20ClN3O3. The van der Waals surface area contributed by atoms with Crippen LogP contribution in [0.25, 0.3) is 0 Å². The Hall–Kier alpha value is -2.73. The van der Waals surface area contributed by atoms with Gasteiger partial charge in [0.1, 0.15) is 5.75 Å². The third-order valence-electron chi connectivity index (χ3n) is 4.25. The highest BCUT2D eigenvalue weighted by molar-refractivity contribution is 6.33. The van der Waals surface area contributed by atoms with Gasteiger partial charge in [-0.1, -0.05) is 35.9 Å². The molecule has 1 aliphatic heterocycles. The van der Waals surface area contributed by atoms with Gasteiger partial charge in [0.15, 0.2) is 6.61 Å². The number of carbonyl (C=O) groups excluding carboxylic acids is 2. The minimum absolute atomic E-state index is 0.121. The number of carbonyl (C=O) groups is 2.